The summed E-state index contributed by atoms with van der Waals surface area (Å²) >= 11 is 24.0. The molecule has 0 aliphatic carbocycles. The number of halogens is 8. The molecule has 606 valence electrons. The molecule has 11 aromatic heterocycles. The number of amides is 3. The Morgan fingerprint density at radius 1 is 0.430 bits per heavy atom. The first kappa shape index (κ1) is 90.8. The highest BCUT2D eigenvalue weighted by molar-refractivity contribution is 14.1. The molecule has 0 saturated carbocycles. The molecule has 2 aliphatic heterocycles. The summed E-state index contributed by atoms with van der Waals surface area (Å²) in [4.78, 5) is 86.2. The van der Waals surface area contributed by atoms with Crippen LogP contribution >= 0.6 is 141 Å². The lowest BCUT2D eigenvalue weighted by molar-refractivity contribution is -0.127. The zero-order chi connectivity index (χ0) is 86.1. The van der Waals surface area contributed by atoms with E-state index in [1.807, 2.05) is 135 Å². The minimum Gasteiger partial charge on any atom is -0.506 e. The van der Waals surface area contributed by atoms with E-state index in [1.54, 1.807) is 146 Å². The number of imide groups is 1. The number of carbonyl (C=O) groups excluding carboxylic acids is 3. The van der Waals surface area contributed by atoms with Gasteiger partial charge in [0.1, 0.15) is 71.4 Å². The number of aromatic hydroxyl groups is 4. The predicted molar refractivity (Wildman–Crippen MR) is 506 cm³/mol. The van der Waals surface area contributed by atoms with E-state index in [0.717, 1.165) is 92.8 Å². The van der Waals surface area contributed by atoms with E-state index in [9.17, 15) is 24.6 Å². The molecule has 0 radical (unpaired) electrons. The van der Waals surface area contributed by atoms with Gasteiger partial charge in [-0.25, -0.2) is 34.9 Å². The zero-order valence-electron chi connectivity index (χ0n) is 64.5. The molecule has 1 atom stereocenters. The third-order valence-corrected chi connectivity index (χ3v) is 23.0. The van der Waals surface area contributed by atoms with Crippen LogP contribution in [-0.2, 0) is 16.1 Å². The Morgan fingerprint density at radius 3 is 1.26 bits per heavy atom. The maximum Gasteiger partial charge on any atom is 0.254 e. The summed E-state index contributed by atoms with van der Waals surface area (Å²) in [6.07, 6.45) is 15.4. The van der Waals surface area contributed by atoms with Crippen LogP contribution in [0.4, 0.5) is 0 Å². The molecule has 0 bridgehead atoms. The van der Waals surface area contributed by atoms with Crippen LogP contribution in [-0.4, -0.2) is 112 Å². The molecule has 15 aromatic rings. The van der Waals surface area contributed by atoms with Gasteiger partial charge in [-0.3, -0.25) is 39.6 Å². The molecule has 5 N–H and O–H groups in total. The summed E-state index contributed by atoms with van der Waals surface area (Å²) in [5.74, 6) is 5.98. The number of hydrogen-bond acceptors (Lipinski definition) is 19. The van der Waals surface area contributed by atoms with E-state index in [0.29, 0.717) is 55.3 Å². The monoisotopic (exact) mass is 2210 g/mol. The lowest BCUT2D eigenvalue weighted by Crippen LogP contribution is -2.42. The van der Waals surface area contributed by atoms with Gasteiger partial charge < -0.3 is 30.1 Å². The van der Waals surface area contributed by atoms with Crippen molar-refractivity contribution in [2.45, 2.75) is 33.7 Å². The van der Waals surface area contributed by atoms with Gasteiger partial charge in [-0.2, -0.15) is 0 Å². The number of hydrogen-bond donors (Lipinski definition) is 5. The van der Waals surface area contributed by atoms with Crippen LogP contribution in [0.2, 0.25) is 0 Å². The van der Waals surface area contributed by atoms with Crippen LogP contribution in [0, 0.1) is 45.4 Å². The number of benzene rings is 4. The van der Waals surface area contributed by atoms with Crippen molar-refractivity contribution in [1.29, 1.82) is 0 Å². The van der Waals surface area contributed by atoms with E-state index >= 15 is 0 Å². The molecule has 1 fully saturated rings. The molecular weight excluding hydrogens is 2150 g/mol. The number of aromatic nitrogens is 11. The average Bonchev–Trinajstić information content (AvgIpc) is 1.62. The summed E-state index contributed by atoms with van der Waals surface area (Å²) in [5, 5.41) is 40.6. The highest BCUT2D eigenvalue weighted by atomic mass is 127. The lowest BCUT2D eigenvalue weighted by Gasteiger charge is -2.25. The number of aryl methyl sites for hydroxylation is 3. The molecule has 1 saturated heterocycles. The third-order valence-electron chi connectivity index (χ3n) is 18.0. The number of rotatable bonds is 10. The van der Waals surface area contributed by atoms with Crippen LogP contribution in [0.1, 0.15) is 44.6 Å². The van der Waals surface area contributed by atoms with Gasteiger partial charge in [-0.05, 0) is 316 Å². The second-order valence-corrected chi connectivity index (χ2v) is 33.4. The summed E-state index contributed by atoms with van der Waals surface area (Å²) in [5.41, 5.74) is 16.2. The average molecular weight is 2220 g/mol. The SMILES string of the molecule is COc1ccc2c(c1)C(=O)N(C[C@@]1(C#Cc3ccc(-c4nc(-c5ccncc5)ccc4O)cc3)CC(=O)NC1=O)C2.Cc1ccc(-c2ccncc2)nc1-c1ccc(Br)cc1.Cc1ccc(-c2ccncc2)nc1Br.Cc1ccc(I)nc1Br.Oc1ccc(-c2ccncc2)nc1-c1ccc(Br)cc1.Oc1ccc(I)nc1Br.Oc1cccnc1Br. The number of methoxy groups -OCH3 is 1. The first-order valence-corrected chi connectivity index (χ1v) is 43.4. The summed E-state index contributed by atoms with van der Waals surface area (Å²) in [6.45, 7) is 6.42. The number of nitrogens with one attached hydrogen (secondary N) is 1. The molecule has 3 amide bonds. The highest BCUT2D eigenvalue weighted by Gasteiger charge is 2.49. The number of ether oxygens (including phenoxy) is 1. The Labute approximate surface area is 775 Å². The maximum absolute atomic E-state index is 13.1. The lowest BCUT2D eigenvalue weighted by atomic mass is 9.85. The Hall–Kier alpha value is -11.0. The molecule has 0 spiro atoms. The minimum atomic E-state index is -1.38. The van der Waals surface area contributed by atoms with Gasteiger partial charge in [-0.15, -0.1) is 0 Å². The van der Waals surface area contributed by atoms with Crippen LogP contribution < -0.4 is 10.1 Å². The van der Waals surface area contributed by atoms with Crippen molar-refractivity contribution in [2.75, 3.05) is 13.7 Å². The second kappa shape index (κ2) is 44.0. The first-order valence-electron chi connectivity index (χ1n) is 36.5. The maximum atomic E-state index is 13.1. The zero-order valence-corrected chi connectivity index (χ0v) is 78.3. The van der Waals surface area contributed by atoms with E-state index in [1.165, 1.54) is 18.2 Å². The topological polar surface area (TPSA) is 298 Å². The van der Waals surface area contributed by atoms with Crippen molar-refractivity contribution in [3.05, 3.63) is 348 Å². The molecule has 4 aromatic carbocycles. The van der Waals surface area contributed by atoms with Crippen molar-refractivity contribution in [1.82, 2.24) is 65.0 Å². The standard InChI is InChI=1S/C32H24N4O5.C17H13BrN2.C16H11BrN2O.C11H9BrN2.C6H5BrIN.C5H3BrINO.C5H4BrNO/c1-41-24-7-6-23-18-36(30(39)25(23)16-24)19-32(17-28(38)35-31(32)40)13-10-20-2-4-22(5-3-20)29-27(37)9-8-26(34-29)21-11-14-33-15-12-21;1-12-2-7-16(13-8-10-19-11-9-13)20-17(12)14-3-5-15(18)6-4-14;17-13-3-1-12(2-4-13)16-15(20)6-5-14(19-16)11-7-9-18-10-8-11;1-8-2-3-10(14-11(8)12)9-4-6-13-7-5-9;1-4-2-3-5(8)9-6(4)7;6-5-3(9)1-2-4(7)8-5;6-5-4(8)2-1-3-7-5/h2-9,11-12,14-16,37H,17-19H2,1H3,(H,35,38,40);2-11H,1H3;1-10,20H;2-7H,1H3;2-3H,1H3;1-2,9H;1-3,8H/t32-;;;;;;/m1....../s1. The van der Waals surface area contributed by atoms with Gasteiger partial charge in [0.25, 0.3) is 5.91 Å². The van der Waals surface area contributed by atoms with Crippen LogP contribution in [0.5, 0.6) is 28.7 Å². The number of pyridine rings is 11. The normalized spacial score (nSPS) is 12.6. The number of carbonyl (C=O) groups is 3. The van der Waals surface area contributed by atoms with Crippen LogP contribution in [0.15, 0.2) is 308 Å². The molecule has 17 rings (SSSR count). The van der Waals surface area contributed by atoms with Crippen LogP contribution in [0.3, 0.4) is 0 Å². The van der Waals surface area contributed by atoms with Gasteiger partial charge in [0, 0.05) is 128 Å². The summed E-state index contributed by atoms with van der Waals surface area (Å²) in [6, 6.07) is 69.2. The van der Waals surface area contributed by atoms with Crippen LogP contribution in [0.25, 0.3) is 78.8 Å². The van der Waals surface area contributed by atoms with Gasteiger partial charge >= 0.3 is 0 Å². The van der Waals surface area contributed by atoms with Crippen molar-refractivity contribution in [3.63, 3.8) is 0 Å². The van der Waals surface area contributed by atoms with Gasteiger partial charge in [0.15, 0.2) is 0 Å². The Balaban J connectivity index is 0.000000151. The molecule has 121 heavy (non-hydrogen) atoms. The van der Waals surface area contributed by atoms with E-state index in [-0.39, 0.29) is 41.9 Å². The molecule has 13 heterocycles. The Kier molecular flexibility index (Phi) is 33.0. The number of fused-ring (bicyclic) bond motifs is 1. The predicted octanol–water partition coefficient (Wildman–Crippen LogP) is 22.4. The fourth-order valence-corrected chi connectivity index (χ4v) is 14.9. The largest absolute Gasteiger partial charge is 0.506 e. The number of nitrogens with zero attached hydrogens (tertiary/aromatic N) is 12. The molecule has 21 nitrogen and oxygen atoms in total. The van der Waals surface area contributed by atoms with Crippen molar-refractivity contribution >= 4 is 158 Å². The highest BCUT2D eigenvalue weighted by Crippen LogP contribution is 2.37. The molecule has 2 aliphatic rings. The minimum absolute atomic E-state index is 0.0227. The fraction of sp³-hybridized carbons (Fsp3) is 0.0870. The first-order chi connectivity index (χ1) is 58.3. The molecular formula is C92H69Br6I2N13O8. The van der Waals surface area contributed by atoms with E-state index in [4.69, 9.17) is 19.9 Å². The molecule has 29 heteroatoms. The van der Waals surface area contributed by atoms with Crippen molar-refractivity contribution < 1.29 is 39.5 Å². The Morgan fingerprint density at radius 2 is 0.843 bits per heavy atom. The smallest absolute Gasteiger partial charge is 0.254 e. The molecule has 0 unspecified atom stereocenters. The summed E-state index contributed by atoms with van der Waals surface area (Å²) in [7, 11) is 1.53. The third kappa shape index (κ3) is 25.6. The van der Waals surface area contributed by atoms with Gasteiger partial charge in [-0.1, -0.05) is 104 Å². The fourth-order valence-electron chi connectivity index (χ4n) is 11.6. The Bertz CT molecular complexity index is 6000. The second-order valence-electron chi connectivity index (χ2n) is 26.4. The van der Waals surface area contributed by atoms with Gasteiger partial charge in [0.2, 0.25) is 11.8 Å². The van der Waals surface area contributed by atoms with Crippen molar-refractivity contribution in [3.8, 4) is 119 Å². The van der Waals surface area contributed by atoms with E-state index < -0.39 is 17.2 Å². The summed E-state index contributed by atoms with van der Waals surface area (Å²) < 4.78 is 12.0. The van der Waals surface area contributed by atoms with Gasteiger partial charge in [0.05, 0.1) is 42.0 Å². The van der Waals surface area contributed by atoms with E-state index in [2.05, 4.69) is 233 Å². The quantitative estimate of drug-likeness (QED) is 0.0368. The van der Waals surface area contributed by atoms with Crippen molar-refractivity contribution in [2.24, 2.45) is 5.41 Å².